The molecule has 0 heterocycles. The first-order valence-electron chi connectivity index (χ1n) is 7.19. The predicted molar refractivity (Wildman–Crippen MR) is 76.7 cm³/mol. The van der Waals surface area contributed by atoms with E-state index in [2.05, 4.69) is 6.58 Å². The Morgan fingerprint density at radius 1 is 1.14 bits per heavy atom. The molecule has 0 radical (unpaired) electrons. The van der Waals surface area contributed by atoms with Gasteiger partial charge in [0.1, 0.15) is 0 Å². The molecule has 0 fully saturated rings. The van der Waals surface area contributed by atoms with Crippen molar-refractivity contribution in [3.8, 4) is 0 Å². The lowest BCUT2D eigenvalue weighted by molar-refractivity contribution is -0.166. The van der Waals surface area contributed by atoms with Gasteiger partial charge in [0.15, 0.2) is 6.10 Å². The lowest BCUT2D eigenvalue weighted by Crippen LogP contribution is -2.30. The van der Waals surface area contributed by atoms with Crippen LogP contribution in [0.1, 0.15) is 52.4 Å². The van der Waals surface area contributed by atoms with Crippen LogP contribution < -0.4 is 0 Å². The summed E-state index contributed by atoms with van der Waals surface area (Å²) in [4.78, 5) is 34.1. The number of carbonyl (C=O) groups excluding carboxylic acids is 2. The average Bonchev–Trinajstić information content (AvgIpc) is 2.42. The van der Waals surface area contributed by atoms with Gasteiger partial charge in [0, 0.05) is 5.57 Å². The molecule has 6 heteroatoms. The van der Waals surface area contributed by atoms with Crippen LogP contribution >= 0.6 is 0 Å². The first-order valence-corrected chi connectivity index (χ1v) is 7.19. The lowest BCUT2D eigenvalue weighted by atomic mass is 10.1. The molecule has 0 aromatic heterocycles. The van der Waals surface area contributed by atoms with Gasteiger partial charge in [-0.1, -0.05) is 33.3 Å². The van der Waals surface area contributed by atoms with Crippen LogP contribution in [-0.4, -0.2) is 35.7 Å². The fraction of sp³-hybridized carbons (Fsp3) is 0.667. The average molecular weight is 300 g/mol. The highest BCUT2D eigenvalue weighted by Gasteiger charge is 2.25. The zero-order valence-electron chi connectivity index (χ0n) is 12.7. The minimum Gasteiger partial charge on any atom is -0.481 e. The number of hydrogen-bond donors (Lipinski definition) is 1. The summed E-state index contributed by atoms with van der Waals surface area (Å²) in [7, 11) is 0. The second-order valence-electron chi connectivity index (χ2n) is 4.73. The Morgan fingerprint density at radius 2 is 1.76 bits per heavy atom. The maximum absolute atomic E-state index is 11.9. The number of unbranched alkanes of at least 4 members (excludes halogenated alkanes) is 2. The van der Waals surface area contributed by atoms with Gasteiger partial charge >= 0.3 is 17.9 Å². The van der Waals surface area contributed by atoms with Gasteiger partial charge in [-0.3, -0.25) is 4.79 Å². The third-order valence-corrected chi connectivity index (χ3v) is 2.73. The summed E-state index contributed by atoms with van der Waals surface area (Å²) in [6.07, 6.45) is 2.02. The molecule has 0 aliphatic rings. The normalized spacial score (nSPS) is 11.5. The Hall–Kier alpha value is -1.85. The SMILES string of the molecule is C=C(CC(=O)O)C(=O)OC(CCCC)C(=O)OCCCC. The molecule has 120 valence electrons. The number of hydrogen-bond acceptors (Lipinski definition) is 5. The van der Waals surface area contributed by atoms with Crippen LogP contribution in [0.15, 0.2) is 12.2 Å². The zero-order chi connectivity index (χ0) is 16.3. The van der Waals surface area contributed by atoms with Gasteiger partial charge in [-0.2, -0.15) is 0 Å². The number of rotatable bonds is 11. The Bertz CT molecular complexity index is 374. The molecule has 0 bridgehead atoms. The maximum Gasteiger partial charge on any atom is 0.347 e. The zero-order valence-corrected chi connectivity index (χ0v) is 12.7. The standard InChI is InChI=1S/C15H24O6/c1-4-6-8-12(15(19)20-9-7-5-2)21-14(18)11(3)10-13(16)17/h12H,3-10H2,1-2H3,(H,16,17). The molecule has 0 rings (SSSR count). The summed E-state index contributed by atoms with van der Waals surface area (Å²) in [6, 6.07) is 0. The lowest BCUT2D eigenvalue weighted by Gasteiger charge is -2.17. The van der Waals surface area contributed by atoms with Crippen molar-refractivity contribution in [2.45, 2.75) is 58.5 Å². The summed E-state index contributed by atoms with van der Waals surface area (Å²) < 4.78 is 10.1. The largest absolute Gasteiger partial charge is 0.481 e. The summed E-state index contributed by atoms with van der Waals surface area (Å²) >= 11 is 0. The van der Waals surface area contributed by atoms with E-state index in [1.165, 1.54) is 0 Å². The van der Waals surface area contributed by atoms with Gasteiger partial charge in [0.05, 0.1) is 13.0 Å². The van der Waals surface area contributed by atoms with Crippen LogP contribution in [0.4, 0.5) is 0 Å². The number of carbonyl (C=O) groups is 3. The summed E-state index contributed by atoms with van der Waals surface area (Å²) in [5, 5.41) is 8.60. The second kappa shape index (κ2) is 10.9. The first kappa shape index (κ1) is 19.1. The molecule has 0 aliphatic heterocycles. The Labute approximate surface area is 125 Å². The van der Waals surface area contributed by atoms with Crippen LogP contribution in [0.25, 0.3) is 0 Å². The van der Waals surface area contributed by atoms with Crippen LogP contribution in [0.5, 0.6) is 0 Å². The minimum atomic E-state index is -1.17. The highest BCUT2D eigenvalue weighted by molar-refractivity contribution is 5.94. The van der Waals surface area contributed by atoms with Crippen molar-refractivity contribution in [2.75, 3.05) is 6.61 Å². The number of carboxylic acids is 1. The number of carboxylic acid groups (broad SMARTS) is 1. The molecule has 0 saturated carbocycles. The van der Waals surface area contributed by atoms with E-state index in [1.54, 1.807) is 0 Å². The number of ether oxygens (including phenoxy) is 2. The van der Waals surface area contributed by atoms with E-state index in [1.807, 2.05) is 13.8 Å². The predicted octanol–water partition coefficient (Wildman–Crippen LogP) is 2.46. The fourth-order valence-corrected chi connectivity index (χ4v) is 1.49. The van der Waals surface area contributed by atoms with Gasteiger partial charge in [-0.05, 0) is 19.3 Å². The van der Waals surface area contributed by atoms with E-state index < -0.39 is 30.4 Å². The van der Waals surface area contributed by atoms with E-state index in [9.17, 15) is 14.4 Å². The minimum absolute atomic E-state index is 0.189. The molecule has 21 heavy (non-hydrogen) atoms. The molecular formula is C15H24O6. The molecule has 6 nitrogen and oxygen atoms in total. The highest BCUT2D eigenvalue weighted by atomic mass is 16.6. The molecule has 0 aliphatic carbocycles. The van der Waals surface area contributed by atoms with Gasteiger partial charge in [-0.25, -0.2) is 9.59 Å². The van der Waals surface area contributed by atoms with E-state index >= 15 is 0 Å². The third kappa shape index (κ3) is 8.83. The maximum atomic E-state index is 11.9. The van der Waals surface area contributed by atoms with Crippen molar-refractivity contribution in [1.29, 1.82) is 0 Å². The van der Waals surface area contributed by atoms with Crippen molar-refractivity contribution in [2.24, 2.45) is 0 Å². The van der Waals surface area contributed by atoms with Crippen LogP contribution in [0.2, 0.25) is 0 Å². The van der Waals surface area contributed by atoms with Gasteiger partial charge in [0.25, 0.3) is 0 Å². The van der Waals surface area contributed by atoms with Crippen molar-refractivity contribution >= 4 is 17.9 Å². The quantitative estimate of drug-likeness (QED) is 0.358. The van der Waals surface area contributed by atoms with E-state index in [-0.39, 0.29) is 12.2 Å². The van der Waals surface area contributed by atoms with E-state index in [0.29, 0.717) is 12.8 Å². The van der Waals surface area contributed by atoms with E-state index in [0.717, 1.165) is 19.3 Å². The van der Waals surface area contributed by atoms with Crippen LogP contribution in [-0.2, 0) is 23.9 Å². The monoisotopic (exact) mass is 300 g/mol. The van der Waals surface area contributed by atoms with E-state index in [4.69, 9.17) is 14.6 Å². The third-order valence-electron chi connectivity index (χ3n) is 2.73. The van der Waals surface area contributed by atoms with Gasteiger partial charge in [0.2, 0.25) is 0 Å². The summed E-state index contributed by atoms with van der Waals surface area (Å²) in [5.74, 6) is -2.63. The van der Waals surface area contributed by atoms with Crippen molar-refractivity contribution in [3.63, 3.8) is 0 Å². The van der Waals surface area contributed by atoms with Crippen molar-refractivity contribution in [3.05, 3.63) is 12.2 Å². The van der Waals surface area contributed by atoms with Crippen molar-refractivity contribution < 1.29 is 29.0 Å². The van der Waals surface area contributed by atoms with Crippen molar-refractivity contribution in [1.82, 2.24) is 0 Å². The number of esters is 2. The molecule has 0 aromatic carbocycles. The number of aliphatic carboxylic acids is 1. The summed E-state index contributed by atoms with van der Waals surface area (Å²) in [6.45, 7) is 7.56. The highest BCUT2D eigenvalue weighted by Crippen LogP contribution is 2.11. The Balaban J connectivity index is 4.52. The molecule has 1 atom stereocenters. The van der Waals surface area contributed by atoms with Gasteiger partial charge < -0.3 is 14.6 Å². The molecule has 0 saturated heterocycles. The molecular weight excluding hydrogens is 276 g/mol. The smallest absolute Gasteiger partial charge is 0.347 e. The Kier molecular flexibility index (Phi) is 9.92. The first-order chi connectivity index (χ1) is 9.92. The molecule has 0 spiro atoms. The van der Waals surface area contributed by atoms with Gasteiger partial charge in [-0.15, -0.1) is 0 Å². The van der Waals surface area contributed by atoms with Crippen LogP contribution in [0.3, 0.4) is 0 Å². The second-order valence-corrected chi connectivity index (χ2v) is 4.73. The molecule has 1 unspecified atom stereocenters. The summed E-state index contributed by atoms with van der Waals surface area (Å²) in [5.41, 5.74) is -0.189. The molecule has 0 amide bonds. The molecule has 1 N–H and O–H groups in total. The fourth-order valence-electron chi connectivity index (χ4n) is 1.49. The molecule has 0 aromatic rings. The topological polar surface area (TPSA) is 89.9 Å². The van der Waals surface area contributed by atoms with Crippen LogP contribution in [0, 0.1) is 0 Å². The Morgan fingerprint density at radius 3 is 2.29 bits per heavy atom.